The van der Waals surface area contributed by atoms with Gasteiger partial charge in [-0.1, -0.05) is 19.1 Å². The summed E-state index contributed by atoms with van der Waals surface area (Å²) in [5, 5.41) is 13.6. The van der Waals surface area contributed by atoms with Crippen molar-refractivity contribution in [2.45, 2.75) is 20.4 Å². The molecule has 1 amide bonds. The number of nitrogens with zero attached hydrogens (tertiary/aromatic N) is 2. The van der Waals surface area contributed by atoms with Crippen LogP contribution in [0.25, 0.3) is 0 Å². The molecule has 0 saturated heterocycles. The third-order valence-corrected chi connectivity index (χ3v) is 3.75. The molecule has 0 aliphatic rings. The molecule has 0 saturated carbocycles. The van der Waals surface area contributed by atoms with Gasteiger partial charge in [-0.25, -0.2) is 0 Å². The van der Waals surface area contributed by atoms with Crippen molar-refractivity contribution in [1.29, 1.82) is 0 Å². The first-order chi connectivity index (χ1) is 9.49. The van der Waals surface area contributed by atoms with Crippen molar-refractivity contribution < 1.29 is 9.72 Å². The zero-order valence-electron chi connectivity index (χ0n) is 11.6. The minimum absolute atomic E-state index is 0.0385. The average Bonchev–Trinajstić information content (AvgIpc) is 2.40. The molecule has 0 radical (unpaired) electrons. The molecule has 0 aromatic heterocycles. The zero-order valence-corrected chi connectivity index (χ0v) is 13.1. The predicted octanol–water partition coefficient (Wildman–Crippen LogP) is 2.32. The van der Waals surface area contributed by atoms with Gasteiger partial charge in [0.1, 0.15) is 0 Å². The Hall–Kier alpha value is -1.47. The van der Waals surface area contributed by atoms with E-state index in [2.05, 4.69) is 21.2 Å². The Balaban J connectivity index is 2.82. The van der Waals surface area contributed by atoms with E-state index in [0.29, 0.717) is 24.1 Å². The molecule has 1 aromatic carbocycles. The summed E-state index contributed by atoms with van der Waals surface area (Å²) in [7, 11) is 0. The van der Waals surface area contributed by atoms with Gasteiger partial charge < -0.3 is 5.32 Å². The highest BCUT2D eigenvalue weighted by molar-refractivity contribution is 9.10. The van der Waals surface area contributed by atoms with Crippen LogP contribution in [0, 0.1) is 10.1 Å². The van der Waals surface area contributed by atoms with Gasteiger partial charge in [-0.05, 0) is 35.0 Å². The normalized spacial score (nSPS) is 10.6. The molecule has 20 heavy (non-hydrogen) atoms. The standard InChI is InChI=1S/C13H18BrN3O3/c1-3-15-12(18)9-16(4-2)8-10-6-5-7-11(13(10)14)17(19)20/h5-7H,3-4,8-9H2,1-2H3,(H,15,18). The first-order valence-corrected chi connectivity index (χ1v) is 7.19. The van der Waals surface area contributed by atoms with Crippen molar-refractivity contribution in [2.75, 3.05) is 19.6 Å². The van der Waals surface area contributed by atoms with Gasteiger partial charge in [-0.2, -0.15) is 0 Å². The van der Waals surface area contributed by atoms with Crippen LogP contribution in [0.4, 0.5) is 5.69 Å². The second-order valence-electron chi connectivity index (χ2n) is 4.26. The third kappa shape index (κ3) is 4.57. The third-order valence-electron chi connectivity index (χ3n) is 2.84. The number of rotatable bonds is 7. The van der Waals surface area contributed by atoms with Crippen molar-refractivity contribution >= 4 is 27.5 Å². The summed E-state index contributed by atoms with van der Waals surface area (Å²) >= 11 is 3.27. The summed E-state index contributed by atoms with van der Waals surface area (Å²) in [4.78, 5) is 24.0. The van der Waals surface area contributed by atoms with Crippen LogP contribution < -0.4 is 5.32 Å². The van der Waals surface area contributed by atoms with E-state index in [-0.39, 0.29) is 18.1 Å². The minimum atomic E-state index is -0.423. The Morgan fingerprint density at radius 1 is 1.45 bits per heavy atom. The number of carbonyl (C=O) groups is 1. The molecule has 1 N–H and O–H groups in total. The fraction of sp³-hybridized carbons (Fsp3) is 0.462. The Morgan fingerprint density at radius 3 is 2.70 bits per heavy atom. The number of hydrogen-bond donors (Lipinski definition) is 1. The smallest absolute Gasteiger partial charge is 0.283 e. The number of amides is 1. The highest BCUT2D eigenvalue weighted by Gasteiger charge is 2.17. The Labute approximate surface area is 126 Å². The van der Waals surface area contributed by atoms with Crippen LogP contribution in [-0.2, 0) is 11.3 Å². The number of halogens is 1. The number of likely N-dealkylation sites (N-methyl/N-ethyl adjacent to an activating group) is 2. The summed E-state index contributed by atoms with van der Waals surface area (Å²) in [5.41, 5.74) is 0.835. The molecule has 110 valence electrons. The fourth-order valence-electron chi connectivity index (χ4n) is 1.81. The molecular formula is C13H18BrN3O3. The van der Waals surface area contributed by atoms with E-state index >= 15 is 0 Å². The van der Waals surface area contributed by atoms with Crippen molar-refractivity contribution in [1.82, 2.24) is 10.2 Å². The summed E-state index contributed by atoms with van der Waals surface area (Å²) < 4.78 is 0.472. The lowest BCUT2D eigenvalue weighted by molar-refractivity contribution is -0.385. The second kappa shape index (κ2) is 7.96. The SMILES string of the molecule is CCNC(=O)CN(CC)Cc1cccc([N+](=O)[O-])c1Br. The molecular weight excluding hydrogens is 326 g/mol. The van der Waals surface area contributed by atoms with Crippen molar-refractivity contribution in [3.05, 3.63) is 38.3 Å². The Morgan fingerprint density at radius 2 is 2.15 bits per heavy atom. The van der Waals surface area contributed by atoms with E-state index in [9.17, 15) is 14.9 Å². The number of benzene rings is 1. The van der Waals surface area contributed by atoms with E-state index in [1.165, 1.54) is 6.07 Å². The quantitative estimate of drug-likeness (QED) is 0.608. The molecule has 0 atom stereocenters. The molecule has 6 nitrogen and oxygen atoms in total. The number of nitro groups is 1. The fourth-order valence-corrected chi connectivity index (χ4v) is 2.34. The van der Waals surface area contributed by atoms with Gasteiger partial charge in [0.25, 0.3) is 5.69 Å². The lowest BCUT2D eigenvalue weighted by Crippen LogP contribution is -2.36. The Kier molecular flexibility index (Phi) is 6.60. The number of nitro benzene ring substituents is 1. The van der Waals surface area contributed by atoms with Gasteiger partial charge in [0.15, 0.2) is 0 Å². The van der Waals surface area contributed by atoms with Crippen LogP contribution in [0.15, 0.2) is 22.7 Å². The summed E-state index contributed by atoms with van der Waals surface area (Å²) in [6.07, 6.45) is 0. The maximum atomic E-state index is 11.6. The highest BCUT2D eigenvalue weighted by Crippen LogP contribution is 2.28. The molecule has 0 aliphatic carbocycles. The monoisotopic (exact) mass is 343 g/mol. The van der Waals surface area contributed by atoms with E-state index in [1.54, 1.807) is 6.07 Å². The maximum Gasteiger partial charge on any atom is 0.283 e. The molecule has 0 heterocycles. The molecule has 0 unspecified atom stereocenters. The van der Waals surface area contributed by atoms with Crippen molar-refractivity contribution in [3.8, 4) is 0 Å². The molecule has 0 aliphatic heterocycles. The van der Waals surface area contributed by atoms with Gasteiger partial charge in [0.2, 0.25) is 5.91 Å². The van der Waals surface area contributed by atoms with E-state index in [1.807, 2.05) is 24.8 Å². The largest absolute Gasteiger partial charge is 0.355 e. The minimum Gasteiger partial charge on any atom is -0.355 e. The lowest BCUT2D eigenvalue weighted by Gasteiger charge is -2.20. The first-order valence-electron chi connectivity index (χ1n) is 6.40. The topological polar surface area (TPSA) is 75.5 Å². The first kappa shape index (κ1) is 16.6. The van der Waals surface area contributed by atoms with Crippen LogP contribution in [-0.4, -0.2) is 35.4 Å². The van der Waals surface area contributed by atoms with E-state index < -0.39 is 4.92 Å². The second-order valence-corrected chi connectivity index (χ2v) is 5.06. The van der Waals surface area contributed by atoms with Gasteiger partial charge >= 0.3 is 0 Å². The molecule has 0 bridgehead atoms. The molecule has 7 heteroatoms. The van der Waals surface area contributed by atoms with Crippen molar-refractivity contribution in [2.24, 2.45) is 0 Å². The highest BCUT2D eigenvalue weighted by atomic mass is 79.9. The summed E-state index contributed by atoms with van der Waals surface area (Å²) in [6.45, 7) is 5.86. The van der Waals surface area contributed by atoms with Crippen molar-refractivity contribution in [3.63, 3.8) is 0 Å². The van der Waals surface area contributed by atoms with Crippen LogP contribution in [0.1, 0.15) is 19.4 Å². The van der Waals surface area contributed by atoms with Gasteiger partial charge in [-0.3, -0.25) is 19.8 Å². The molecule has 0 spiro atoms. The summed E-state index contributed by atoms with van der Waals surface area (Å²) in [6, 6.07) is 4.92. The van der Waals surface area contributed by atoms with Gasteiger partial charge in [0.05, 0.1) is 15.9 Å². The number of hydrogen-bond acceptors (Lipinski definition) is 4. The summed E-state index contributed by atoms with van der Waals surface area (Å²) in [5.74, 6) is -0.0455. The van der Waals surface area contributed by atoms with Crippen LogP contribution in [0.5, 0.6) is 0 Å². The zero-order chi connectivity index (χ0) is 15.1. The lowest BCUT2D eigenvalue weighted by atomic mass is 10.2. The van der Waals surface area contributed by atoms with Crippen LogP contribution in [0.3, 0.4) is 0 Å². The van der Waals surface area contributed by atoms with Crippen LogP contribution >= 0.6 is 15.9 Å². The maximum absolute atomic E-state index is 11.6. The predicted molar refractivity (Wildman–Crippen MR) is 80.4 cm³/mol. The molecule has 1 rings (SSSR count). The van der Waals surface area contributed by atoms with Crippen LogP contribution in [0.2, 0.25) is 0 Å². The average molecular weight is 344 g/mol. The molecule has 1 aromatic rings. The molecule has 0 fully saturated rings. The van der Waals surface area contributed by atoms with E-state index in [4.69, 9.17) is 0 Å². The number of nitrogens with one attached hydrogen (secondary N) is 1. The van der Waals surface area contributed by atoms with Gasteiger partial charge in [0, 0.05) is 19.2 Å². The number of carbonyl (C=O) groups excluding carboxylic acids is 1. The van der Waals surface area contributed by atoms with E-state index in [0.717, 1.165) is 5.56 Å². The Bertz CT molecular complexity index is 494. The van der Waals surface area contributed by atoms with Gasteiger partial charge in [-0.15, -0.1) is 0 Å².